The Balaban J connectivity index is 1.70. The van der Waals surface area contributed by atoms with Crippen molar-refractivity contribution in [3.05, 3.63) is 34.9 Å². The second kappa shape index (κ2) is 7.25. The smallest absolute Gasteiger partial charge is 0.227 e. The maximum Gasteiger partial charge on any atom is 0.227 e. The fraction of sp³-hybridized carbons (Fsp3) is 0.526. The van der Waals surface area contributed by atoms with Gasteiger partial charge in [-0.1, -0.05) is 18.2 Å². The molecule has 1 saturated heterocycles. The lowest BCUT2D eigenvalue weighted by atomic mass is 10.0. The summed E-state index contributed by atoms with van der Waals surface area (Å²) in [6.07, 6.45) is 3.70. The van der Waals surface area contributed by atoms with Crippen LogP contribution < -0.4 is 5.73 Å². The lowest BCUT2D eigenvalue weighted by Crippen LogP contribution is -2.41. The molecule has 1 aromatic carbocycles. The summed E-state index contributed by atoms with van der Waals surface area (Å²) in [4.78, 5) is 39.3. The van der Waals surface area contributed by atoms with Gasteiger partial charge in [-0.25, -0.2) is 0 Å². The Morgan fingerprint density at radius 2 is 1.76 bits per heavy atom. The number of fused-ring (bicyclic) bond motifs is 1. The summed E-state index contributed by atoms with van der Waals surface area (Å²) in [5.74, 6) is -1.10. The number of aryl methyl sites for hydroxylation is 2. The summed E-state index contributed by atoms with van der Waals surface area (Å²) >= 11 is 0. The lowest BCUT2D eigenvalue weighted by Gasteiger charge is -2.22. The van der Waals surface area contributed by atoms with Gasteiger partial charge in [0.25, 0.3) is 0 Å². The number of rotatable bonds is 3. The second-order valence-electron chi connectivity index (χ2n) is 7.04. The van der Waals surface area contributed by atoms with Crippen molar-refractivity contribution in [3.8, 4) is 0 Å². The predicted octanol–water partition coefficient (Wildman–Crippen LogP) is 0.510. The van der Waals surface area contributed by atoms with Crippen molar-refractivity contribution in [3.63, 3.8) is 0 Å². The molecule has 1 aliphatic heterocycles. The van der Waals surface area contributed by atoms with Gasteiger partial charge in [-0.2, -0.15) is 0 Å². The van der Waals surface area contributed by atoms with E-state index in [9.17, 15) is 14.4 Å². The Hall–Kier alpha value is -2.37. The van der Waals surface area contributed by atoms with Crippen LogP contribution in [0.1, 0.15) is 30.0 Å². The molecule has 0 unspecified atom stereocenters. The molecular formula is C19H25N3O3. The van der Waals surface area contributed by atoms with Gasteiger partial charge in [0.15, 0.2) is 0 Å². The summed E-state index contributed by atoms with van der Waals surface area (Å²) < 4.78 is 0. The van der Waals surface area contributed by atoms with Gasteiger partial charge in [0.2, 0.25) is 17.7 Å². The van der Waals surface area contributed by atoms with Crippen LogP contribution in [0.3, 0.4) is 0 Å². The molecule has 0 aromatic heterocycles. The zero-order chi connectivity index (χ0) is 18.0. The number of benzene rings is 1. The van der Waals surface area contributed by atoms with Crippen LogP contribution in [0.25, 0.3) is 0 Å². The van der Waals surface area contributed by atoms with Crippen LogP contribution in [0, 0.1) is 5.92 Å². The summed E-state index contributed by atoms with van der Waals surface area (Å²) in [6, 6.07) is 6.27. The van der Waals surface area contributed by atoms with Crippen LogP contribution in [-0.2, 0) is 33.6 Å². The molecule has 6 nitrogen and oxygen atoms in total. The summed E-state index contributed by atoms with van der Waals surface area (Å²) in [5, 5.41) is 0. The molecule has 6 heteroatoms. The maximum atomic E-state index is 12.7. The highest BCUT2D eigenvalue weighted by Crippen LogP contribution is 2.23. The zero-order valence-corrected chi connectivity index (χ0v) is 14.7. The first kappa shape index (κ1) is 17.5. The maximum absolute atomic E-state index is 12.7. The minimum Gasteiger partial charge on any atom is -0.369 e. The van der Waals surface area contributed by atoms with E-state index in [0.29, 0.717) is 19.5 Å². The van der Waals surface area contributed by atoms with Gasteiger partial charge in [0.1, 0.15) is 0 Å². The zero-order valence-electron chi connectivity index (χ0n) is 14.7. The Morgan fingerprint density at radius 1 is 1.08 bits per heavy atom. The van der Waals surface area contributed by atoms with Gasteiger partial charge in [-0.05, 0) is 36.0 Å². The second-order valence-corrected chi connectivity index (χ2v) is 7.04. The monoisotopic (exact) mass is 343 g/mol. The summed E-state index contributed by atoms with van der Waals surface area (Å²) in [6.45, 7) is 2.92. The number of carbonyl (C=O) groups is 3. The van der Waals surface area contributed by atoms with E-state index in [1.165, 1.54) is 24.5 Å². The van der Waals surface area contributed by atoms with E-state index < -0.39 is 11.8 Å². The number of amides is 3. The van der Waals surface area contributed by atoms with E-state index in [2.05, 4.69) is 12.1 Å². The van der Waals surface area contributed by atoms with Gasteiger partial charge < -0.3 is 15.5 Å². The fourth-order valence-corrected chi connectivity index (χ4v) is 3.73. The van der Waals surface area contributed by atoms with Crippen LogP contribution in [0.5, 0.6) is 0 Å². The molecule has 0 bridgehead atoms. The molecule has 2 N–H and O–H groups in total. The van der Waals surface area contributed by atoms with Crippen molar-refractivity contribution in [2.45, 2.75) is 32.6 Å². The number of hydrogen-bond donors (Lipinski definition) is 1. The molecule has 2 aliphatic rings. The number of nitrogens with two attached hydrogens (primary N) is 1. The molecule has 0 saturated carbocycles. The Morgan fingerprint density at radius 3 is 2.48 bits per heavy atom. The van der Waals surface area contributed by atoms with Crippen molar-refractivity contribution >= 4 is 17.7 Å². The minimum absolute atomic E-state index is 0.0189. The van der Waals surface area contributed by atoms with Gasteiger partial charge in [0.05, 0.1) is 12.3 Å². The van der Waals surface area contributed by atoms with Crippen LogP contribution in [0.15, 0.2) is 18.2 Å². The first-order chi connectivity index (χ1) is 11.9. The van der Waals surface area contributed by atoms with Crippen LogP contribution in [0.2, 0.25) is 0 Å². The van der Waals surface area contributed by atoms with Crippen LogP contribution in [0.4, 0.5) is 0 Å². The molecule has 1 aromatic rings. The topological polar surface area (TPSA) is 83.7 Å². The third-order valence-electron chi connectivity index (χ3n) is 5.24. The van der Waals surface area contributed by atoms with E-state index in [4.69, 9.17) is 5.73 Å². The Kier molecular flexibility index (Phi) is 5.06. The Labute approximate surface area is 148 Å². The lowest BCUT2D eigenvalue weighted by molar-refractivity contribution is -0.132. The van der Waals surface area contributed by atoms with E-state index in [1.807, 2.05) is 6.07 Å². The normalized spacial score (nSPS) is 20.1. The highest BCUT2D eigenvalue weighted by atomic mass is 16.2. The first-order valence-corrected chi connectivity index (χ1v) is 8.87. The van der Waals surface area contributed by atoms with Gasteiger partial charge in [-0.15, -0.1) is 0 Å². The van der Waals surface area contributed by atoms with Crippen LogP contribution in [-0.4, -0.2) is 53.7 Å². The number of hydrogen-bond acceptors (Lipinski definition) is 3. The molecule has 1 atom stereocenters. The van der Waals surface area contributed by atoms with Crippen molar-refractivity contribution in [1.29, 1.82) is 0 Å². The molecule has 1 heterocycles. The molecule has 0 spiro atoms. The van der Waals surface area contributed by atoms with Crippen molar-refractivity contribution in [1.82, 2.24) is 9.80 Å². The van der Waals surface area contributed by atoms with Crippen molar-refractivity contribution in [2.75, 3.05) is 26.2 Å². The van der Waals surface area contributed by atoms with E-state index in [1.54, 1.807) is 9.80 Å². The highest BCUT2D eigenvalue weighted by molar-refractivity contribution is 5.82. The molecule has 134 valence electrons. The van der Waals surface area contributed by atoms with Gasteiger partial charge >= 0.3 is 0 Å². The number of carbonyl (C=O) groups excluding carboxylic acids is 3. The van der Waals surface area contributed by atoms with E-state index >= 15 is 0 Å². The SMILES string of the molecule is CC(=O)N1CCN(C(=O)Cc2ccc3c(c2)CCC3)C[C@@H](C(N)=O)C1. The molecule has 0 radical (unpaired) electrons. The highest BCUT2D eigenvalue weighted by Gasteiger charge is 2.29. The number of nitrogens with zero attached hydrogens (tertiary/aromatic N) is 2. The summed E-state index contributed by atoms with van der Waals surface area (Å²) in [7, 11) is 0. The van der Waals surface area contributed by atoms with E-state index in [-0.39, 0.29) is 24.9 Å². The first-order valence-electron chi connectivity index (χ1n) is 8.87. The van der Waals surface area contributed by atoms with Crippen LogP contribution >= 0.6 is 0 Å². The van der Waals surface area contributed by atoms with Crippen molar-refractivity contribution in [2.24, 2.45) is 11.7 Å². The largest absolute Gasteiger partial charge is 0.369 e. The molecule has 1 fully saturated rings. The molecule has 25 heavy (non-hydrogen) atoms. The minimum atomic E-state index is -0.518. The van der Waals surface area contributed by atoms with Gasteiger partial charge in [-0.3, -0.25) is 14.4 Å². The average Bonchev–Trinajstić information content (AvgIpc) is 2.89. The van der Waals surface area contributed by atoms with E-state index in [0.717, 1.165) is 18.4 Å². The van der Waals surface area contributed by atoms with Crippen molar-refractivity contribution < 1.29 is 14.4 Å². The third kappa shape index (κ3) is 4.00. The predicted molar refractivity (Wildman–Crippen MR) is 93.7 cm³/mol. The standard InChI is InChI=1S/C19H25N3O3/c1-13(23)21-7-8-22(12-17(11-21)19(20)25)18(24)10-14-5-6-15-3-2-4-16(15)9-14/h5-6,9,17H,2-4,7-8,10-12H2,1H3,(H2,20,25)/t17-/m0/s1. The fourth-order valence-electron chi connectivity index (χ4n) is 3.73. The molecule has 3 rings (SSSR count). The number of primary amides is 1. The summed E-state index contributed by atoms with van der Waals surface area (Å²) in [5.41, 5.74) is 9.20. The molecular weight excluding hydrogens is 318 g/mol. The Bertz CT molecular complexity index is 701. The van der Waals surface area contributed by atoms with Gasteiger partial charge in [0, 0.05) is 33.1 Å². The quantitative estimate of drug-likeness (QED) is 0.868. The third-order valence-corrected chi connectivity index (χ3v) is 5.24. The molecule has 3 amide bonds. The average molecular weight is 343 g/mol. The molecule has 1 aliphatic carbocycles.